The second-order valence-corrected chi connectivity index (χ2v) is 4.51. The maximum Gasteiger partial charge on any atom is 0.197 e. The number of rotatable bonds is 0. The van der Waals surface area contributed by atoms with Crippen molar-refractivity contribution < 1.29 is 17.6 Å². The molecule has 1 aromatic rings. The first-order valence-electron chi connectivity index (χ1n) is 4.51. The van der Waals surface area contributed by atoms with Gasteiger partial charge in [0.05, 0.1) is 0 Å². The van der Waals surface area contributed by atoms with Crippen molar-refractivity contribution in [3.05, 3.63) is 34.4 Å². The maximum atomic E-state index is 13.4. The first-order valence-corrected chi connectivity index (χ1v) is 4.51. The van der Waals surface area contributed by atoms with E-state index in [0.29, 0.717) is 0 Å². The van der Waals surface area contributed by atoms with E-state index in [1.807, 2.05) is 0 Å². The van der Waals surface area contributed by atoms with E-state index in [4.69, 9.17) is 0 Å². The molecule has 0 amide bonds. The van der Waals surface area contributed by atoms with Gasteiger partial charge < -0.3 is 0 Å². The summed E-state index contributed by atoms with van der Waals surface area (Å²) < 4.78 is 52.4. The Morgan fingerprint density at radius 3 is 1.53 bits per heavy atom. The smallest absolute Gasteiger partial charge is 0.197 e. The van der Waals surface area contributed by atoms with Crippen molar-refractivity contribution in [1.82, 2.24) is 0 Å². The summed E-state index contributed by atoms with van der Waals surface area (Å²) in [5.74, 6) is -6.13. The van der Waals surface area contributed by atoms with Crippen LogP contribution >= 0.6 is 0 Å². The number of hydrogen-bond donors (Lipinski definition) is 0. The van der Waals surface area contributed by atoms with E-state index < -0.39 is 28.7 Å². The molecule has 0 saturated heterocycles. The maximum absolute atomic E-state index is 13.4. The van der Waals surface area contributed by atoms with Crippen molar-refractivity contribution in [3.8, 4) is 0 Å². The largest absolute Gasteiger partial charge is 0.203 e. The Balaban J connectivity index is 3.68. The molecular weight excluding hydrogens is 208 g/mol. The third-order valence-corrected chi connectivity index (χ3v) is 2.25. The standard InChI is InChI=1S/C11H12F4/c1-5-6(11(2,3)4)8(13)10(15)9(14)7(5)12/h1-4H3. The fourth-order valence-corrected chi connectivity index (χ4v) is 1.63. The van der Waals surface area contributed by atoms with E-state index in [-0.39, 0.29) is 11.1 Å². The molecule has 0 aliphatic rings. The molecule has 0 atom stereocenters. The molecule has 0 heterocycles. The van der Waals surface area contributed by atoms with Crippen molar-refractivity contribution in [3.63, 3.8) is 0 Å². The summed E-state index contributed by atoms with van der Waals surface area (Å²) in [5.41, 5.74) is -1.08. The van der Waals surface area contributed by atoms with Crippen LogP contribution in [-0.4, -0.2) is 0 Å². The van der Waals surface area contributed by atoms with E-state index in [1.54, 1.807) is 20.8 Å². The predicted octanol–water partition coefficient (Wildman–Crippen LogP) is 3.85. The Bertz CT molecular complexity index is 373. The molecule has 0 N–H and O–H groups in total. The SMILES string of the molecule is Cc1c(F)c(F)c(F)c(F)c1C(C)(C)C. The van der Waals surface area contributed by atoms with Gasteiger partial charge in [0.2, 0.25) is 0 Å². The summed E-state index contributed by atoms with van der Waals surface area (Å²) in [6, 6.07) is 0. The first kappa shape index (κ1) is 12.0. The van der Waals surface area contributed by atoms with Gasteiger partial charge in [-0.25, -0.2) is 17.6 Å². The van der Waals surface area contributed by atoms with Gasteiger partial charge in [-0.05, 0) is 17.9 Å². The van der Waals surface area contributed by atoms with E-state index in [2.05, 4.69) is 0 Å². The van der Waals surface area contributed by atoms with Gasteiger partial charge in [0.1, 0.15) is 0 Å². The molecule has 84 valence electrons. The van der Waals surface area contributed by atoms with Crippen LogP contribution in [-0.2, 0) is 5.41 Å². The lowest BCUT2D eigenvalue weighted by Crippen LogP contribution is -2.19. The highest BCUT2D eigenvalue weighted by molar-refractivity contribution is 5.35. The molecule has 0 saturated carbocycles. The summed E-state index contributed by atoms with van der Waals surface area (Å²) in [6.07, 6.45) is 0. The van der Waals surface area contributed by atoms with Crippen molar-refractivity contribution in [2.45, 2.75) is 33.1 Å². The first-order chi connectivity index (χ1) is 6.68. The van der Waals surface area contributed by atoms with Crippen molar-refractivity contribution in [1.29, 1.82) is 0 Å². The van der Waals surface area contributed by atoms with Crippen LogP contribution in [0.2, 0.25) is 0 Å². The van der Waals surface area contributed by atoms with Gasteiger partial charge in [-0.1, -0.05) is 20.8 Å². The van der Waals surface area contributed by atoms with E-state index in [0.717, 1.165) is 0 Å². The van der Waals surface area contributed by atoms with Crippen LogP contribution in [0.15, 0.2) is 0 Å². The molecule has 0 aromatic heterocycles. The van der Waals surface area contributed by atoms with Crippen LogP contribution in [0, 0.1) is 30.2 Å². The zero-order valence-electron chi connectivity index (χ0n) is 9.01. The Morgan fingerprint density at radius 1 is 0.733 bits per heavy atom. The molecule has 0 aliphatic heterocycles. The van der Waals surface area contributed by atoms with Crippen LogP contribution < -0.4 is 0 Å². The van der Waals surface area contributed by atoms with E-state index in [1.165, 1.54) is 6.92 Å². The van der Waals surface area contributed by atoms with Crippen molar-refractivity contribution >= 4 is 0 Å². The molecule has 0 nitrogen and oxygen atoms in total. The van der Waals surface area contributed by atoms with Crippen LogP contribution in [0.3, 0.4) is 0 Å². The minimum Gasteiger partial charge on any atom is -0.203 e. The molecule has 0 fully saturated rings. The lowest BCUT2D eigenvalue weighted by molar-refractivity contribution is 0.386. The van der Waals surface area contributed by atoms with Gasteiger partial charge in [-0.15, -0.1) is 0 Å². The Hall–Kier alpha value is -1.06. The van der Waals surface area contributed by atoms with E-state index >= 15 is 0 Å². The topological polar surface area (TPSA) is 0 Å². The minimum absolute atomic E-state index is 0.126. The van der Waals surface area contributed by atoms with Gasteiger partial charge in [-0.2, -0.15) is 0 Å². The molecular formula is C11H12F4. The Labute approximate surface area is 85.9 Å². The van der Waals surface area contributed by atoms with Crippen LogP contribution in [0.4, 0.5) is 17.6 Å². The van der Waals surface area contributed by atoms with Gasteiger partial charge in [0.15, 0.2) is 23.3 Å². The molecule has 1 aromatic carbocycles. The Morgan fingerprint density at radius 2 is 1.13 bits per heavy atom. The highest BCUT2D eigenvalue weighted by Crippen LogP contribution is 2.32. The highest BCUT2D eigenvalue weighted by atomic mass is 19.2. The van der Waals surface area contributed by atoms with Crippen molar-refractivity contribution in [2.24, 2.45) is 0 Å². The number of halogens is 4. The molecule has 0 bridgehead atoms. The molecule has 0 radical (unpaired) electrons. The van der Waals surface area contributed by atoms with Gasteiger partial charge in [0.25, 0.3) is 0 Å². The average Bonchev–Trinajstić information content (AvgIpc) is 2.09. The molecule has 0 unspecified atom stereocenters. The van der Waals surface area contributed by atoms with Crippen LogP contribution in [0.5, 0.6) is 0 Å². The summed E-state index contributed by atoms with van der Waals surface area (Å²) in [5, 5.41) is 0. The zero-order chi connectivity index (χ0) is 12.0. The fourth-order valence-electron chi connectivity index (χ4n) is 1.63. The third-order valence-electron chi connectivity index (χ3n) is 2.25. The summed E-state index contributed by atoms with van der Waals surface area (Å²) in [6.45, 7) is 6.06. The van der Waals surface area contributed by atoms with Crippen LogP contribution in [0.1, 0.15) is 31.9 Å². The molecule has 0 spiro atoms. The normalized spacial score (nSPS) is 12.0. The van der Waals surface area contributed by atoms with Crippen molar-refractivity contribution in [2.75, 3.05) is 0 Å². The number of benzene rings is 1. The Kier molecular flexibility index (Phi) is 2.81. The minimum atomic E-state index is -1.75. The monoisotopic (exact) mass is 220 g/mol. The van der Waals surface area contributed by atoms with Gasteiger partial charge in [0, 0.05) is 5.56 Å². The summed E-state index contributed by atoms with van der Waals surface area (Å²) >= 11 is 0. The quantitative estimate of drug-likeness (QED) is 0.354. The van der Waals surface area contributed by atoms with Gasteiger partial charge in [-0.3, -0.25) is 0 Å². The molecule has 1 rings (SSSR count). The third kappa shape index (κ3) is 1.85. The summed E-state index contributed by atoms with van der Waals surface area (Å²) in [7, 11) is 0. The number of hydrogen-bond acceptors (Lipinski definition) is 0. The molecule has 0 aliphatic carbocycles. The zero-order valence-corrected chi connectivity index (χ0v) is 9.01. The average molecular weight is 220 g/mol. The van der Waals surface area contributed by atoms with Crippen LogP contribution in [0.25, 0.3) is 0 Å². The second-order valence-electron chi connectivity index (χ2n) is 4.51. The molecule has 4 heteroatoms. The lowest BCUT2D eigenvalue weighted by Gasteiger charge is -2.23. The second kappa shape index (κ2) is 3.51. The summed E-state index contributed by atoms with van der Waals surface area (Å²) in [4.78, 5) is 0. The highest BCUT2D eigenvalue weighted by Gasteiger charge is 2.29. The molecule has 15 heavy (non-hydrogen) atoms. The predicted molar refractivity (Wildman–Crippen MR) is 49.7 cm³/mol. The van der Waals surface area contributed by atoms with Gasteiger partial charge >= 0.3 is 0 Å². The van der Waals surface area contributed by atoms with E-state index in [9.17, 15) is 17.6 Å². The fraction of sp³-hybridized carbons (Fsp3) is 0.455. The lowest BCUT2D eigenvalue weighted by atomic mass is 9.83.